The first-order chi connectivity index (χ1) is 7.90. The number of nitrogens with zero attached hydrogens (tertiary/aromatic N) is 1. The van der Waals surface area contributed by atoms with Crippen LogP contribution in [0.1, 0.15) is 25.7 Å². The van der Waals surface area contributed by atoms with Crippen LogP contribution in [0.3, 0.4) is 0 Å². The Labute approximate surface area is 103 Å². The lowest BCUT2D eigenvalue weighted by molar-refractivity contribution is -0.0322. The maximum atomic E-state index is 6.05. The van der Waals surface area contributed by atoms with E-state index in [1.54, 1.807) is 0 Å². The average Bonchev–Trinajstić information content (AvgIpc) is 2.40. The number of piperidine rings is 3. The van der Waals surface area contributed by atoms with E-state index in [9.17, 15) is 0 Å². The molecule has 3 heteroatoms. The Bertz CT molecular complexity index is 232. The molecule has 0 radical (unpaired) electrons. The van der Waals surface area contributed by atoms with E-state index in [0.29, 0.717) is 0 Å². The quantitative estimate of drug-likeness (QED) is 0.798. The molecule has 2 N–H and O–H groups in total. The van der Waals surface area contributed by atoms with Crippen molar-refractivity contribution < 1.29 is 0 Å². The van der Waals surface area contributed by atoms with Crippen LogP contribution in [0.15, 0.2) is 0 Å². The highest BCUT2D eigenvalue weighted by atomic mass is 32.2. The molecule has 92 valence electrons. The summed E-state index contributed by atoms with van der Waals surface area (Å²) in [5.41, 5.74) is 6.05. The van der Waals surface area contributed by atoms with Gasteiger partial charge in [-0.2, -0.15) is 11.8 Å². The number of nitrogens with two attached hydrogens (primary N) is 1. The third-order valence-electron chi connectivity index (χ3n) is 4.99. The lowest BCUT2D eigenvalue weighted by Crippen LogP contribution is -2.60. The van der Waals surface area contributed by atoms with Gasteiger partial charge in [-0.15, -0.1) is 0 Å². The number of hydrogen-bond donors (Lipinski definition) is 1. The van der Waals surface area contributed by atoms with E-state index in [2.05, 4.69) is 16.7 Å². The zero-order valence-corrected chi connectivity index (χ0v) is 10.9. The van der Waals surface area contributed by atoms with Gasteiger partial charge in [-0.05, 0) is 74.6 Å². The molecular weight excluding hydrogens is 216 g/mol. The molecule has 4 saturated heterocycles. The summed E-state index contributed by atoms with van der Waals surface area (Å²) in [5.74, 6) is 5.48. The van der Waals surface area contributed by atoms with Gasteiger partial charge in [-0.25, -0.2) is 0 Å². The van der Waals surface area contributed by atoms with Gasteiger partial charge < -0.3 is 5.73 Å². The second-order valence-electron chi connectivity index (χ2n) is 5.74. The van der Waals surface area contributed by atoms with Gasteiger partial charge in [-0.1, -0.05) is 0 Å². The predicted octanol–water partition coefficient (Wildman–Crippen LogP) is 1.80. The second kappa shape index (κ2) is 4.87. The van der Waals surface area contributed by atoms with Crippen molar-refractivity contribution in [3.63, 3.8) is 0 Å². The molecule has 0 aromatic rings. The molecule has 3 unspecified atom stereocenters. The summed E-state index contributed by atoms with van der Waals surface area (Å²) < 4.78 is 0. The first-order valence-corrected chi connectivity index (χ1v) is 8.07. The third-order valence-corrected chi connectivity index (χ3v) is 6.23. The fourth-order valence-electron chi connectivity index (χ4n) is 4.21. The van der Waals surface area contributed by atoms with Crippen molar-refractivity contribution in [2.75, 3.05) is 31.1 Å². The zero-order valence-electron chi connectivity index (χ0n) is 10.1. The van der Waals surface area contributed by atoms with Crippen molar-refractivity contribution >= 4 is 11.8 Å². The molecule has 0 amide bonds. The van der Waals surface area contributed by atoms with Crippen molar-refractivity contribution in [2.45, 2.75) is 31.7 Å². The van der Waals surface area contributed by atoms with E-state index < -0.39 is 0 Å². The van der Waals surface area contributed by atoms with Crippen molar-refractivity contribution in [3.05, 3.63) is 0 Å². The van der Waals surface area contributed by atoms with Crippen LogP contribution in [-0.4, -0.2) is 42.1 Å². The van der Waals surface area contributed by atoms with E-state index in [1.165, 1.54) is 50.3 Å². The fraction of sp³-hybridized carbons (Fsp3) is 1.00. The minimum Gasteiger partial charge on any atom is -0.330 e. The highest BCUT2D eigenvalue weighted by Crippen LogP contribution is 2.42. The molecule has 0 spiro atoms. The van der Waals surface area contributed by atoms with Crippen LogP contribution >= 0.6 is 11.8 Å². The molecule has 4 aliphatic rings. The summed E-state index contributed by atoms with van der Waals surface area (Å²) in [5, 5.41) is 0. The van der Waals surface area contributed by atoms with E-state index in [0.717, 1.165) is 30.3 Å². The summed E-state index contributed by atoms with van der Waals surface area (Å²) in [7, 11) is 0. The van der Waals surface area contributed by atoms with Gasteiger partial charge in [0, 0.05) is 6.04 Å². The maximum absolute atomic E-state index is 6.05. The molecule has 3 atom stereocenters. The SMILES string of the molecule is NCC1C2CCN(CC2)C1C1CCCSC1. The molecule has 2 bridgehead atoms. The van der Waals surface area contributed by atoms with Gasteiger partial charge in [0.25, 0.3) is 0 Å². The van der Waals surface area contributed by atoms with Gasteiger partial charge in [0.15, 0.2) is 0 Å². The van der Waals surface area contributed by atoms with Crippen LogP contribution in [0.5, 0.6) is 0 Å². The normalized spacial score (nSPS) is 48.2. The van der Waals surface area contributed by atoms with Crippen molar-refractivity contribution in [1.29, 1.82) is 0 Å². The Kier molecular flexibility index (Phi) is 3.46. The van der Waals surface area contributed by atoms with Crippen molar-refractivity contribution in [1.82, 2.24) is 4.90 Å². The topological polar surface area (TPSA) is 29.3 Å². The van der Waals surface area contributed by atoms with E-state index in [-0.39, 0.29) is 0 Å². The molecule has 4 fully saturated rings. The van der Waals surface area contributed by atoms with Crippen LogP contribution in [0, 0.1) is 17.8 Å². The lowest BCUT2D eigenvalue weighted by Gasteiger charge is -2.54. The molecule has 0 saturated carbocycles. The van der Waals surface area contributed by atoms with Crippen molar-refractivity contribution in [2.24, 2.45) is 23.5 Å². The van der Waals surface area contributed by atoms with Gasteiger partial charge in [0.1, 0.15) is 0 Å². The third kappa shape index (κ3) is 1.91. The van der Waals surface area contributed by atoms with Crippen LogP contribution in [-0.2, 0) is 0 Å². The van der Waals surface area contributed by atoms with Crippen LogP contribution in [0.4, 0.5) is 0 Å². The number of rotatable bonds is 2. The van der Waals surface area contributed by atoms with Gasteiger partial charge >= 0.3 is 0 Å². The number of fused-ring (bicyclic) bond motifs is 3. The summed E-state index contributed by atoms with van der Waals surface area (Å²) in [6.45, 7) is 3.63. The fourth-order valence-corrected chi connectivity index (χ4v) is 5.41. The Morgan fingerprint density at radius 2 is 1.94 bits per heavy atom. The molecule has 0 aromatic heterocycles. The number of hydrogen-bond acceptors (Lipinski definition) is 3. The monoisotopic (exact) mass is 240 g/mol. The average molecular weight is 240 g/mol. The minimum absolute atomic E-state index is 0.811. The van der Waals surface area contributed by atoms with Crippen molar-refractivity contribution in [3.8, 4) is 0 Å². The highest BCUT2D eigenvalue weighted by molar-refractivity contribution is 7.99. The summed E-state index contributed by atoms with van der Waals surface area (Å²) in [4.78, 5) is 2.77. The van der Waals surface area contributed by atoms with Gasteiger partial charge in [0.05, 0.1) is 0 Å². The van der Waals surface area contributed by atoms with E-state index in [4.69, 9.17) is 5.73 Å². The summed E-state index contributed by atoms with van der Waals surface area (Å²) in [6.07, 6.45) is 5.72. The first kappa shape index (κ1) is 11.4. The lowest BCUT2D eigenvalue weighted by atomic mass is 9.69. The Morgan fingerprint density at radius 3 is 2.56 bits per heavy atom. The molecule has 4 aliphatic heterocycles. The Balaban J connectivity index is 1.75. The van der Waals surface area contributed by atoms with Crippen LogP contribution < -0.4 is 5.73 Å². The molecule has 4 rings (SSSR count). The van der Waals surface area contributed by atoms with Crippen LogP contribution in [0.2, 0.25) is 0 Å². The summed E-state index contributed by atoms with van der Waals surface area (Å²) in [6, 6.07) is 0.838. The molecular formula is C13H24N2S. The van der Waals surface area contributed by atoms with E-state index >= 15 is 0 Å². The molecule has 0 aliphatic carbocycles. The first-order valence-electron chi connectivity index (χ1n) is 6.92. The standard InChI is InChI=1S/C13H24N2S/c14-8-12-10-3-5-15(6-4-10)13(12)11-2-1-7-16-9-11/h10-13H,1-9,14H2. The predicted molar refractivity (Wildman–Crippen MR) is 70.7 cm³/mol. The summed E-state index contributed by atoms with van der Waals surface area (Å²) >= 11 is 2.17. The zero-order chi connectivity index (χ0) is 11.0. The maximum Gasteiger partial charge on any atom is 0.0174 e. The van der Waals surface area contributed by atoms with Gasteiger partial charge in [-0.3, -0.25) is 4.90 Å². The minimum atomic E-state index is 0.811. The van der Waals surface area contributed by atoms with Gasteiger partial charge in [0.2, 0.25) is 0 Å². The molecule has 2 nitrogen and oxygen atoms in total. The second-order valence-corrected chi connectivity index (χ2v) is 6.89. The molecule has 16 heavy (non-hydrogen) atoms. The highest BCUT2D eigenvalue weighted by Gasteiger charge is 2.44. The smallest absolute Gasteiger partial charge is 0.0174 e. The molecule has 4 heterocycles. The number of thioether (sulfide) groups is 1. The Morgan fingerprint density at radius 1 is 1.12 bits per heavy atom. The molecule has 0 aromatic carbocycles. The Hall–Kier alpha value is 0.270. The van der Waals surface area contributed by atoms with Crippen LogP contribution in [0.25, 0.3) is 0 Å². The van der Waals surface area contributed by atoms with E-state index in [1.807, 2.05) is 0 Å². The largest absolute Gasteiger partial charge is 0.330 e.